The van der Waals surface area contributed by atoms with Gasteiger partial charge in [-0.15, -0.1) is 0 Å². The Morgan fingerprint density at radius 3 is 2.71 bits per heavy atom. The third-order valence-corrected chi connectivity index (χ3v) is 3.72. The number of nitrogens with one attached hydrogen (secondary N) is 1. The summed E-state index contributed by atoms with van der Waals surface area (Å²) >= 11 is 5.01. The topological polar surface area (TPSA) is 50.9 Å². The van der Waals surface area contributed by atoms with Gasteiger partial charge < -0.3 is 11.1 Å². The average Bonchev–Trinajstić information content (AvgIpc) is 2.41. The molecule has 7 heteroatoms. The largest absolute Gasteiger partial charge is 0.389 e. The minimum Gasteiger partial charge on any atom is -0.389 e. The second-order valence-electron chi connectivity index (χ2n) is 5.21. The van der Waals surface area contributed by atoms with E-state index in [1.165, 1.54) is 0 Å². The summed E-state index contributed by atoms with van der Waals surface area (Å²) in [5.41, 5.74) is 8.46. The van der Waals surface area contributed by atoms with Gasteiger partial charge in [0, 0.05) is 18.7 Å². The number of nitrogens with two attached hydrogens (primary N) is 1. The molecule has 21 heavy (non-hydrogen) atoms. The summed E-state index contributed by atoms with van der Waals surface area (Å²) in [7, 11) is 0. The highest BCUT2D eigenvalue weighted by atomic mass is 32.1. The van der Waals surface area contributed by atoms with Gasteiger partial charge in [-0.1, -0.05) is 12.2 Å². The van der Waals surface area contributed by atoms with Gasteiger partial charge in [0.15, 0.2) is 0 Å². The van der Waals surface area contributed by atoms with Crippen LogP contribution in [0, 0.1) is 0 Å². The monoisotopic (exact) mass is 317 g/mol. The quantitative estimate of drug-likeness (QED) is 0.646. The molecular weight excluding hydrogens is 299 g/mol. The molecular formula is C14H18F3N3S. The molecule has 1 aromatic heterocycles. The van der Waals surface area contributed by atoms with Gasteiger partial charge in [-0.3, -0.25) is 0 Å². The molecule has 1 aromatic rings. The number of hydrogen-bond acceptors (Lipinski definition) is 3. The van der Waals surface area contributed by atoms with Gasteiger partial charge in [0.1, 0.15) is 10.8 Å². The van der Waals surface area contributed by atoms with E-state index in [4.69, 9.17) is 18.0 Å². The Kier molecular flexibility index (Phi) is 5.03. The Hall–Kier alpha value is -1.37. The van der Waals surface area contributed by atoms with E-state index >= 15 is 0 Å². The summed E-state index contributed by atoms with van der Waals surface area (Å²) < 4.78 is 36.4. The van der Waals surface area contributed by atoms with Gasteiger partial charge in [-0.05, 0) is 43.7 Å². The molecule has 0 spiro atoms. The molecule has 0 radical (unpaired) electrons. The van der Waals surface area contributed by atoms with Gasteiger partial charge in [-0.25, -0.2) is 4.98 Å². The lowest BCUT2D eigenvalue weighted by atomic mass is 9.94. The first-order valence-corrected chi connectivity index (χ1v) is 7.41. The average molecular weight is 317 g/mol. The maximum Gasteiger partial charge on any atom is 0.389 e. The Bertz CT molecular complexity index is 529. The van der Waals surface area contributed by atoms with Crippen LogP contribution in [0.1, 0.15) is 42.5 Å². The van der Waals surface area contributed by atoms with Crippen LogP contribution >= 0.6 is 12.2 Å². The van der Waals surface area contributed by atoms with Crippen LogP contribution in [0.5, 0.6) is 0 Å². The predicted octanol–water partition coefficient (Wildman–Crippen LogP) is 3.35. The standard InChI is InChI=1S/C14H18F3N3S/c15-14(16,17)6-3-7-19-13-10(12(18)21)8-9-4-1-2-5-11(9)20-13/h8H,1-7H2,(H2,18,21)(H,19,20). The lowest BCUT2D eigenvalue weighted by Crippen LogP contribution is -2.19. The minimum atomic E-state index is -4.13. The molecule has 0 aliphatic heterocycles. The minimum absolute atomic E-state index is 0.000954. The Balaban J connectivity index is 2.08. The van der Waals surface area contributed by atoms with Gasteiger partial charge in [0.25, 0.3) is 0 Å². The van der Waals surface area contributed by atoms with E-state index < -0.39 is 12.6 Å². The summed E-state index contributed by atoms with van der Waals surface area (Å²) in [6.07, 6.45) is -0.899. The van der Waals surface area contributed by atoms with E-state index in [2.05, 4.69) is 10.3 Å². The van der Waals surface area contributed by atoms with E-state index in [0.717, 1.165) is 36.9 Å². The number of aromatic nitrogens is 1. The van der Waals surface area contributed by atoms with Crippen molar-refractivity contribution in [2.75, 3.05) is 11.9 Å². The highest BCUT2D eigenvalue weighted by molar-refractivity contribution is 7.80. The zero-order chi connectivity index (χ0) is 15.5. The first kappa shape index (κ1) is 16.0. The van der Waals surface area contributed by atoms with Crippen molar-refractivity contribution in [3.8, 4) is 0 Å². The highest BCUT2D eigenvalue weighted by Crippen LogP contribution is 2.25. The smallest absolute Gasteiger partial charge is 0.389 e. The van der Waals surface area contributed by atoms with Crippen molar-refractivity contribution in [3.05, 3.63) is 22.9 Å². The third-order valence-electron chi connectivity index (χ3n) is 3.50. The number of thiocarbonyl (C=S) groups is 1. The summed E-state index contributed by atoms with van der Waals surface area (Å²) in [4.78, 5) is 4.73. The number of halogens is 3. The SMILES string of the molecule is NC(=S)c1cc2c(nc1NCCCC(F)(F)F)CCCC2. The number of pyridine rings is 1. The summed E-state index contributed by atoms with van der Waals surface area (Å²) in [5, 5.41) is 2.94. The van der Waals surface area contributed by atoms with Crippen LogP contribution in [0.2, 0.25) is 0 Å². The second-order valence-corrected chi connectivity index (χ2v) is 5.65. The molecule has 1 aliphatic rings. The van der Waals surface area contributed by atoms with Crippen LogP contribution in [0.3, 0.4) is 0 Å². The van der Waals surface area contributed by atoms with Crippen LogP contribution in [-0.4, -0.2) is 22.7 Å². The normalized spacial score (nSPS) is 14.6. The number of nitrogens with zero attached hydrogens (tertiary/aromatic N) is 1. The summed E-state index contributed by atoms with van der Waals surface area (Å²) in [6, 6.07) is 1.93. The van der Waals surface area contributed by atoms with Crippen molar-refractivity contribution in [2.45, 2.75) is 44.7 Å². The molecule has 3 nitrogen and oxygen atoms in total. The molecule has 0 amide bonds. The van der Waals surface area contributed by atoms with Crippen LogP contribution in [0.15, 0.2) is 6.07 Å². The highest BCUT2D eigenvalue weighted by Gasteiger charge is 2.26. The van der Waals surface area contributed by atoms with Gasteiger partial charge in [-0.2, -0.15) is 13.2 Å². The van der Waals surface area contributed by atoms with Crippen molar-refractivity contribution in [2.24, 2.45) is 5.73 Å². The third kappa shape index (κ3) is 4.56. The maximum absolute atomic E-state index is 12.1. The molecule has 1 aliphatic carbocycles. The van der Waals surface area contributed by atoms with E-state index in [9.17, 15) is 13.2 Å². The van der Waals surface area contributed by atoms with Crippen LogP contribution in [0.4, 0.5) is 19.0 Å². The Morgan fingerprint density at radius 2 is 2.05 bits per heavy atom. The van der Waals surface area contributed by atoms with Gasteiger partial charge in [0.2, 0.25) is 0 Å². The van der Waals surface area contributed by atoms with Crippen molar-refractivity contribution >= 4 is 23.0 Å². The summed E-state index contributed by atoms with van der Waals surface area (Å²) in [6.45, 7) is 0.195. The van der Waals surface area contributed by atoms with E-state index in [1.54, 1.807) is 0 Å². The Morgan fingerprint density at radius 1 is 1.33 bits per heavy atom. The number of hydrogen-bond donors (Lipinski definition) is 2. The van der Waals surface area contributed by atoms with Crippen LogP contribution < -0.4 is 11.1 Å². The summed E-state index contributed by atoms with van der Waals surface area (Å²) in [5.74, 6) is 0.505. The molecule has 0 fully saturated rings. The zero-order valence-electron chi connectivity index (χ0n) is 11.6. The van der Waals surface area contributed by atoms with E-state index in [-0.39, 0.29) is 18.0 Å². The fourth-order valence-electron chi connectivity index (χ4n) is 2.45. The molecule has 1 heterocycles. The molecule has 3 N–H and O–H groups in total. The second kappa shape index (κ2) is 6.60. The molecule has 116 valence electrons. The first-order chi connectivity index (χ1) is 9.87. The number of aryl methyl sites for hydroxylation is 2. The number of alkyl halides is 3. The molecule has 0 saturated heterocycles. The number of rotatable bonds is 5. The number of fused-ring (bicyclic) bond motifs is 1. The molecule has 2 rings (SSSR count). The first-order valence-electron chi connectivity index (χ1n) is 7.00. The molecule has 0 atom stereocenters. The van der Waals surface area contributed by atoms with Crippen LogP contribution in [-0.2, 0) is 12.8 Å². The molecule has 0 unspecified atom stereocenters. The van der Waals surface area contributed by atoms with Crippen LogP contribution in [0.25, 0.3) is 0 Å². The predicted molar refractivity (Wildman–Crippen MR) is 80.5 cm³/mol. The van der Waals surface area contributed by atoms with E-state index in [1.807, 2.05) is 6.07 Å². The van der Waals surface area contributed by atoms with Crippen molar-refractivity contribution < 1.29 is 13.2 Å². The van der Waals surface area contributed by atoms with Crippen molar-refractivity contribution in [1.29, 1.82) is 0 Å². The van der Waals surface area contributed by atoms with Gasteiger partial charge in [0.05, 0.1) is 5.56 Å². The fraction of sp³-hybridized carbons (Fsp3) is 0.571. The van der Waals surface area contributed by atoms with Crippen molar-refractivity contribution in [3.63, 3.8) is 0 Å². The van der Waals surface area contributed by atoms with Gasteiger partial charge >= 0.3 is 6.18 Å². The molecule has 0 aromatic carbocycles. The molecule has 0 bridgehead atoms. The molecule has 0 saturated carbocycles. The number of anilines is 1. The fourth-order valence-corrected chi connectivity index (χ4v) is 2.61. The zero-order valence-corrected chi connectivity index (χ0v) is 12.4. The van der Waals surface area contributed by atoms with E-state index in [0.29, 0.717) is 11.4 Å². The van der Waals surface area contributed by atoms with Crippen molar-refractivity contribution in [1.82, 2.24) is 4.98 Å². The lowest BCUT2D eigenvalue weighted by molar-refractivity contribution is -0.134. The lowest BCUT2D eigenvalue weighted by Gasteiger charge is -2.19. The Labute approximate surface area is 127 Å². The maximum atomic E-state index is 12.1.